The van der Waals surface area contributed by atoms with Crippen molar-refractivity contribution in [2.45, 2.75) is 19.0 Å². The number of phenols is 1. The van der Waals surface area contributed by atoms with E-state index in [1.165, 1.54) is 24.3 Å². The van der Waals surface area contributed by atoms with Gasteiger partial charge < -0.3 is 14.9 Å². The molecule has 0 fully saturated rings. The zero-order chi connectivity index (χ0) is 10.8. The summed E-state index contributed by atoms with van der Waals surface area (Å²) in [5.41, 5.74) is -0.221. The molecule has 0 heterocycles. The van der Waals surface area contributed by atoms with Crippen LogP contribution in [0.1, 0.15) is 24.6 Å². The van der Waals surface area contributed by atoms with Gasteiger partial charge in [-0.15, -0.1) is 0 Å². The Bertz CT molecular complexity index is 340. The highest BCUT2D eigenvalue weighted by Crippen LogP contribution is 2.53. The van der Waals surface area contributed by atoms with Gasteiger partial charge in [-0.2, -0.15) is 0 Å². The van der Waals surface area contributed by atoms with Crippen LogP contribution in [0.4, 0.5) is 0 Å². The van der Waals surface area contributed by atoms with E-state index >= 15 is 0 Å². The van der Waals surface area contributed by atoms with Crippen LogP contribution in [0.15, 0.2) is 24.3 Å². The third-order valence-electron chi connectivity index (χ3n) is 2.07. The Kier molecular flexibility index (Phi) is 3.32. The van der Waals surface area contributed by atoms with Gasteiger partial charge >= 0.3 is 7.60 Å². The summed E-state index contributed by atoms with van der Waals surface area (Å²) in [6.45, 7) is 1.72. The molecule has 78 valence electrons. The first kappa shape index (κ1) is 11.2. The van der Waals surface area contributed by atoms with Crippen molar-refractivity contribution in [2.24, 2.45) is 0 Å². The van der Waals surface area contributed by atoms with E-state index in [1.807, 2.05) is 0 Å². The van der Waals surface area contributed by atoms with E-state index in [1.54, 1.807) is 6.92 Å². The van der Waals surface area contributed by atoms with Crippen molar-refractivity contribution in [2.75, 3.05) is 0 Å². The maximum atomic E-state index is 11.1. The van der Waals surface area contributed by atoms with Gasteiger partial charge in [-0.25, -0.2) is 0 Å². The quantitative estimate of drug-likeness (QED) is 0.675. The molecule has 4 nitrogen and oxygen atoms in total. The van der Waals surface area contributed by atoms with Gasteiger partial charge in [0.05, 0.1) is 5.66 Å². The largest absolute Gasteiger partial charge is 0.508 e. The Hall–Kier alpha value is -0.830. The van der Waals surface area contributed by atoms with Gasteiger partial charge in [-0.1, -0.05) is 19.1 Å². The third kappa shape index (κ3) is 2.58. The number of rotatable bonds is 3. The first-order valence-corrected chi connectivity index (χ1v) is 5.97. The van der Waals surface area contributed by atoms with Crippen LogP contribution in [-0.4, -0.2) is 14.9 Å². The molecule has 0 saturated carbocycles. The molecule has 0 radical (unpaired) electrons. The highest BCUT2D eigenvalue weighted by molar-refractivity contribution is 7.52. The lowest BCUT2D eigenvalue weighted by molar-refractivity contribution is 0.357. The number of hydrogen-bond acceptors (Lipinski definition) is 2. The summed E-state index contributed by atoms with van der Waals surface area (Å²) in [6, 6.07) is 5.91. The molecule has 0 aliphatic heterocycles. The first-order valence-electron chi connectivity index (χ1n) is 4.29. The second-order valence-corrected chi connectivity index (χ2v) is 4.91. The average Bonchev–Trinajstić information content (AvgIpc) is 2.07. The molecular weight excluding hydrogens is 203 g/mol. The van der Waals surface area contributed by atoms with Gasteiger partial charge in [0.15, 0.2) is 0 Å². The maximum Gasteiger partial charge on any atom is 0.332 e. The molecule has 1 atom stereocenters. The molecule has 3 N–H and O–H groups in total. The van der Waals surface area contributed by atoms with Crippen LogP contribution in [0.25, 0.3) is 0 Å². The smallest absolute Gasteiger partial charge is 0.332 e. The number of phenolic OH excluding ortho intramolecular Hbond substituents is 1. The second kappa shape index (κ2) is 4.13. The molecule has 0 aromatic heterocycles. The van der Waals surface area contributed by atoms with E-state index in [0.717, 1.165) is 0 Å². The lowest BCUT2D eigenvalue weighted by Crippen LogP contribution is -1.97. The molecular formula is C9H13O4P. The molecule has 0 saturated heterocycles. The second-order valence-electron chi connectivity index (χ2n) is 3.10. The average molecular weight is 216 g/mol. The van der Waals surface area contributed by atoms with Crippen molar-refractivity contribution in [3.63, 3.8) is 0 Å². The SMILES string of the molecule is CCC(c1ccc(O)cc1)P(=O)(O)O. The molecule has 1 unspecified atom stereocenters. The highest BCUT2D eigenvalue weighted by Gasteiger charge is 2.28. The summed E-state index contributed by atoms with van der Waals surface area (Å²) < 4.78 is 11.1. The van der Waals surface area contributed by atoms with Gasteiger partial charge in [0, 0.05) is 0 Å². The van der Waals surface area contributed by atoms with Crippen molar-refractivity contribution in [3.8, 4) is 5.75 Å². The molecule has 5 heteroatoms. The van der Waals surface area contributed by atoms with Gasteiger partial charge in [0.2, 0.25) is 0 Å². The molecule has 1 aromatic rings. The van der Waals surface area contributed by atoms with Gasteiger partial charge in [-0.3, -0.25) is 4.57 Å². The Morgan fingerprint density at radius 1 is 1.29 bits per heavy atom. The fourth-order valence-corrected chi connectivity index (χ4v) is 2.40. The summed E-state index contributed by atoms with van der Waals surface area (Å²) in [4.78, 5) is 18.1. The number of aromatic hydroxyl groups is 1. The predicted octanol–water partition coefficient (Wildman–Crippen LogP) is 2.02. The van der Waals surface area contributed by atoms with Crippen molar-refractivity contribution in [1.29, 1.82) is 0 Å². The third-order valence-corrected chi connectivity index (χ3v) is 3.55. The van der Waals surface area contributed by atoms with E-state index in [2.05, 4.69) is 0 Å². The molecule has 0 spiro atoms. The Balaban J connectivity index is 3.02. The minimum atomic E-state index is -4.09. The van der Waals surface area contributed by atoms with Crippen molar-refractivity contribution in [1.82, 2.24) is 0 Å². The summed E-state index contributed by atoms with van der Waals surface area (Å²) >= 11 is 0. The number of benzene rings is 1. The lowest BCUT2D eigenvalue weighted by atomic mass is 10.1. The Labute approximate surface area is 82.4 Å². The zero-order valence-corrected chi connectivity index (χ0v) is 8.69. The first-order chi connectivity index (χ1) is 6.45. The van der Waals surface area contributed by atoms with Crippen LogP contribution in [-0.2, 0) is 4.57 Å². The fourth-order valence-electron chi connectivity index (χ4n) is 1.36. The van der Waals surface area contributed by atoms with Gasteiger partial charge in [0.25, 0.3) is 0 Å². The summed E-state index contributed by atoms with van der Waals surface area (Å²) in [6.07, 6.45) is 0.370. The van der Waals surface area contributed by atoms with Gasteiger partial charge in [-0.05, 0) is 24.1 Å². The standard InChI is InChI=1S/C9H13O4P/c1-2-9(14(11,12)13)7-3-5-8(10)6-4-7/h3-6,9-10H,2H2,1H3,(H2,11,12,13). The zero-order valence-electron chi connectivity index (χ0n) is 7.79. The van der Waals surface area contributed by atoms with E-state index < -0.39 is 13.3 Å². The van der Waals surface area contributed by atoms with E-state index in [-0.39, 0.29) is 5.75 Å². The Morgan fingerprint density at radius 3 is 2.14 bits per heavy atom. The summed E-state index contributed by atoms with van der Waals surface area (Å²) in [5, 5.41) is 9.02. The Morgan fingerprint density at radius 2 is 1.79 bits per heavy atom. The fraction of sp³-hybridized carbons (Fsp3) is 0.333. The van der Waals surface area contributed by atoms with Crippen molar-refractivity contribution >= 4 is 7.60 Å². The topological polar surface area (TPSA) is 77.8 Å². The van der Waals surface area contributed by atoms with Crippen LogP contribution in [0.3, 0.4) is 0 Å². The normalized spacial score (nSPS) is 13.9. The minimum absolute atomic E-state index is 0.0920. The molecule has 0 bridgehead atoms. The molecule has 0 aliphatic rings. The van der Waals surface area contributed by atoms with Crippen molar-refractivity contribution in [3.05, 3.63) is 29.8 Å². The predicted molar refractivity (Wildman–Crippen MR) is 53.2 cm³/mol. The van der Waals surface area contributed by atoms with E-state index in [0.29, 0.717) is 12.0 Å². The number of hydrogen-bond donors (Lipinski definition) is 3. The maximum absolute atomic E-state index is 11.1. The van der Waals surface area contributed by atoms with Gasteiger partial charge in [0.1, 0.15) is 5.75 Å². The summed E-state index contributed by atoms with van der Waals surface area (Å²) in [7, 11) is -4.09. The highest BCUT2D eigenvalue weighted by atomic mass is 31.2. The monoisotopic (exact) mass is 216 g/mol. The van der Waals surface area contributed by atoms with Crippen LogP contribution in [0, 0.1) is 0 Å². The van der Waals surface area contributed by atoms with Crippen LogP contribution in [0.2, 0.25) is 0 Å². The molecule has 0 amide bonds. The van der Waals surface area contributed by atoms with E-state index in [4.69, 9.17) is 14.9 Å². The molecule has 14 heavy (non-hydrogen) atoms. The minimum Gasteiger partial charge on any atom is -0.508 e. The summed E-state index contributed by atoms with van der Waals surface area (Å²) in [5.74, 6) is 0.0920. The van der Waals surface area contributed by atoms with Crippen LogP contribution >= 0.6 is 7.60 Å². The van der Waals surface area contributed by atoms with Crippen LogP contribution in [0.5, 0.6) is 5.75 Å². The van der Waals surface area contributed by atoms with E-state index in [9.17, 15) is 4.57 Å². The molecule has 1 rings (SSSR count). The van der Waals surface area contributed by atoms with Crippen molar-refractivity contribution < 1.29 is 19.5 Å². The lowest BCUT2D eigenvalue weighted by Gasteiger charge is -2.16. The molecule has 1 aromatic carbocycles. The van der Waals surface area contributed by atoms with Crippen LogP contribution < -0.4 is 0 Å². The molecule has 0 aliphatic carbocycles.